The Hall–Kier alpha value is -1.40. The maximum absolute atomic E-state index is 5.79. The Balaban J connectivity index is 2.12. The molecule has 2 unspecified atom stereocenters. The zero-order valence-electron chi connectivity index (χ0n) is 11.7. The second-order valence-electron chi connectivity index (χ2n) is 4.87. The molecule has 0 spiro atoms. The van der Waals surface area contributed by atoms with Crippen molar-refractivity contribution in [1.82, 2.24) is 9.97 Å². The number of anilines is 2. The molecule has 2 heterocycles. The molecule has 0 radical (unpaired) electrons. The molecule has 1 aliphatic heterocycles. The first-order valence-electron chi connectivity index (χ1n) is 6.87. The van der Waals surface area contributed by atoms with Gasteiger partial charge in [0.05, 0.1) is 19.3 Å². The SMILES string of the molecule is CCC(C)Nc1cc(N2CCOCC2CN)ncn1. The van der Waals surface area contributed by atoms with E-state index in [0.717, 1.165) is 24.6 Å². The third-order valence-electron chi connectivity index (χ3n) is 3.45. The average molecular weight is 265 g/mol. The van der Waals surface area contributed by atoms with Crippen LogP contribution in [0.25, 0.3) is 0 Å². The van der Waals surface area contributed by atoms with Crippen LogP contribution in [0.1, 0.15) is 20.3 Å². The summed E-state index contributed by atoms with van der Waals surface area (Å²) in [5.41, 5.74) is 5.79. The molecule has 3 N–H and O–H groups in total. The molecule has 1 aromatic rings. The van der Waals surface area contributed by atoms with E-state index >= 15 is 0 Å². The minimum atomic E-state index is 0.195. The van der Waals surface area contributed by atoms with Gasteiger partial charge in [-0.1, -0.05) is 6.92 Å². The van der Waals surface area contributed by atoms with Crippen molar-refractivity contribution in [1.29, 1.82) is 0 Å². The van der Waals surface area contributed by atoms with Crippen LogP contribution in [0.2, 0.25) is 0 Å². The zero-order valence-corrected chi connectivity index (χ0v) is 11.7. The van der Waals surface area contributed by atoms with Crippen molar-refractivity contribution in [2.75, 3.05) is 36.5 Å². The van der Waals surface area contributed by atoms with Gasteiger partial charge in [-0.15, -0.1) is 0 Å². The molecule has 6 heteroatoms. The van der Waals surface area contributed by atoms with Gasteiger partial charge >= 0.3 is 0 Å². The molecule has 0 amide bonds. The largest absolute Gasteiger partial charge is 0.377 e. The summed E-state index contributed by atoms with van der Waals surface area (Å²) in [4.78, 5) is 10.8. The van der Waals surface area contributed by atoms with Crippen molar-refractivity contribution in [2.24, 2.45) is 5.73 Å². The summed E-state index contributed by atoms with van der Waals surface area (Å²) >= 11 is 0. The number of hydrogen-bond acceptors (Lipinski definition) is 6. The van der Waals surface area contributed by atoms with Crippen LogP contribution in [0.15, 0.2) is 12.4 Å². The van der Waals surface area contributed by atoms with Crippen LogP contribution in [0.3, 0.4) is 0 Å². The first kappa shape index (κ1) is 14.0. The molecule has 2 atom stereocenters. The van der Waals surface area contributed by atoms with E-state index in [0.29, 0.717) is 25.8 Å². The van der Waals surface area contributed by atoms with Crippen molar-refractivity contribution >= 4 is 11.6 Å². The highest BCUT2D eigenvalue weighted by molar-refractivity contribution is 5.49. The van der Waals surface area contributed by atoms with Crippen molar-refractivity contribution < 1.29 is 4.74 Å². The number of rotatable bonds is 5. The fraction of sp³-hybridized carbons (Fsp3) is 0.692. The molecule has 1 aromatic heterocycles. The summed E-state index contributed by atoms with van der Waals surface area (Å²) in [5, 5.41) is 3.36. The fourth-order valence-corrected chi connectivity index (χ4v) is 2.09. The Morgan fingerprint density at radius 1 is 1.58 bits per heavy atom. The molecule has 19 heavy (non-hydrogen) atoms. The van der Waals surface area contributed by atoms with Crippen LogP contribution in [-0.2, 0) is 4.74 Å². The lowest BCUT2D eigenvalue weighted by Gasteiger charge is -2.35. The Labute approximate surface area is 114 Å². The van der Waals surface area contributed by atoms with E-state index in [1.807, 2.05) is 6.07 Å². The molecule has 0 aromatic carbocycles. The van der Waals surface area contributed by atoms with E-state index in [9.17, 15) is 0 Å². The van der Waals surface area contributed by atoms with Gasteiger partial charge in [0.25, 0.3) is 0 Å². The monoisotopic (exact) mass is 265 g/mol. The molecule has 0 saturated carbocycles. The van der Waals surface area contributed by atoms with E-state index in [4.69, 9.17) is 10.5 Å². The molecule has 6 nitrogen and oxygen atoms in total. The second-order valence-corrected chi connectivity index (χ2v) is 4.87. The standard InChI is InChI=1S/C13H23N5O/c1-3-10(2)17-12-6-13(16-9-15-12)18-4-5-19-8-11(18)7-14/h6,9-11H,3-5,7-8,14H2,1-2H3,(H,15,16,17). The van der Waals surface area contributed by atoms with Gasteiger partial charge in [-0.3, -0.25) is 0 Å². The lowest BCUT2D eigenvalue weighted by molar-refractivity contribution is 0.0958. The van der Waals surface area contributed by atoms with E-state index in [-0.39, 0.29) is 6.04 Å². The van der Waals surface area contributed by atoms with Gasteiger partial charge in [0, 0.05) is 25.2 Å². The first-order chi connectivity index (χ1) is 9.24. The maximum Gasteiger partial charge on any atom is 0.134 e. The third-order valence-corrected chi connectivity index (χ3v) is 3.45. The maximum atomic E-state index is 5.79. The predicted molar refractivity (Wildman–Crippen MR) is 76.4 cm³/mol. The van der Waals surface area contributed by atoms with E-state index in [1.54, 1.807) is 6.33 Å². The van der Waals surface area contributed by atoms with Crippen LogP contribution in [0, 0.1) is 0 Å². The van der Waals surface area contributed by atoms with Crippen molar-refractivity contribution in [3.63, 3.8) is 0 Å². The summed E-state index contributed by atoms with van der Waals surface area (Å²) in [7, 11) is 0. The Bertz CT molecular complexity index is 400. The zero-order chi connectivity index (χ0) is 13.7. The third kappa shape index (κ3) is 3.54. The predicted octanol–water partition coefficient (Wildman–Crippen LogP) is 0.851. The number of nitrogens with one attached hydrogen (secondary N) is 1. The Kier molecular flexibility index (Phi) is 4.93. The van der Waals surface area contributed by atoms with Gasteiger partial charge < -0.3 is 20.7 Å². The quantitative estimate of drug-likeness (QED) is 0.822. The van der Waals surface area contributed by atoms with Gasteiger partial charge in [-0.05, 0) is 13.3 Å². The summed E-state index contributed by atoms with van der Waals surface area (Å²) in [6.07, 6.45) is 2.66. The number of nitrogens with zero attached hydrogens (tertiary/aromatic N) is 3. The van der Waals surface area contributed by atoms with Crippen LogP contribution in [0.4, 0.5) is 11.6 Å². The second kappa shape index (κ2) is 6.68. The molecule has 1 saturated heterocycles. The molecular weight excluding hydrogens is 242 g/mol. The highest BCUT2D eigenvalue weighted by atomic mass is 16.5. The minimum Gasteiger partial charge on any atom is -0.377 e. The molecular formula is C13H23N5O. The average Bonchev–Trinajstić information content (AvgIpc) is 2.47. The lowest BCUT2D eigenvalue weighted by atomic mass is 10.2. The normalized spacial score (nSPS) is 21.2. The molecule has 1 fully saturated rings. The van der Waals surface area contributed by atoms with Crippen LogP contribution in [-0.4, -0.2) is 48.4 Å². The number of nitrogens with two attached hydrogens (primary N) is 1. The first-order valence-corrected chi connectivity index (χ1v) is 6.87. The summed E-state index contributed by atoms with van der Waals surface area (Å²) < 4.78 is 5.46. The van der Waals surface area contributed by atoms with Crippen LogP contribution in [0.5, 0.6) is 0 Å². The summed E-state index contributed by atoms with van der Waals surface area (Å²) in [6, 6.07) is 2.58. The van der Waals surface area contributed by atoms with Gasteiger partial charge in [-0.25, -0.2) is 9.97 Å². The van der Waals surface area contributed by atoms with E-state index in [1.165, 1.54) is 0 Å². The smallest absolute Gasteiger partial charge is 0.134 e. The number of morpholine rings is 1. The number of hydrogen-bond donors (Lipinski definition) is 2. The highest BCUT2D eigenvalue weighted by Gasteiger charge is 2.23. The molecule has 0 bridgehead atoms. The van der Waals surface area contributed by atoms with E-state index < -0.39 is 0 Å². The van der Waals surface area contributed by atoms with Gasteiger partial charge in [0.1, 0.15) is 18.0 Å². The van der Waals surface area contributed by atoms with Crippen LogP contribution >= 0.6 is 0 Å². The fourth-order valence-electron chi connectivity index (χ4n) is 2.09. The molecule has 1 aliphatic rings. The van der Waals surface area contributed by atoms with Gasteiger partial charge in [-0.2, -0.15) is 0 Å². The molecule has 2 rings (SSSR count). The van der Waals surface area contributed by atoms with E-state index in [2.05, 4.69) is 34.0 Å². The van der Waals surface area contributed by atoms with Crippen molar-refractivity contribution in [3.05, 3.63) is 12.4 Å². The number of ether oxygens (including phenoxy) is 1. The Morgan fingerprint density at radius 2 is 2.42 bits per heavy atom. The topological polar surface area (TPSA) is 76.3 Å². The van der Waals surface area contributed by atoms with Crippen molar-refractivity contribution in [3.8, 4) is 0 Å². The van der Waals surface area contributed by atoms with Gasteiger partial charge in [0.2, 0.25) is 0 Å². The lowest BCUT2D eigenvalue weighted by Crippen LogP contribution is -2.49. The summed E-state index contributed by atoms with van der Waals surface area (Å²) in [5.74, 6) is 1.78. The van der Waals surface area contributed by atoms with Crippen molar-refractivity contribution in [2.45, 2.75) is 32.4 Å². The van der Waals surface area contributed by atoms with Gasteiger partial charge in [0.15, 0.2) is 0 Å². The summed E-state index contributed by atoms with van der Waals surface area (Å²) in [6.45, 7) is 7.05. The number of aromatic nitrogens is 2. The molecule has 106 valence electrons. The molecule has 0 aliphatic carbocycles. The minimum absolute atomic E-state index is 0.195. The van der Waals surface area contributed by atoms with Crippen LogP contribution < -0.4 is 16.0 Å². The Morgan fingerprint density at radius 3 is 3.16 bits per heavy atom. The highest BCUT2D eigenvalue weighted by Crippen LogP contribution is 2.19.